The first-order valence-corrected chi connectivity index (χ1v) is 10.0. The Morgan fingerprint density at radius 2 is 1.79 bits per heavy atom. The second kappa shape index (κ2) is 8.04. The third kappa shape index (κ3) is 3.82. The summed E-state index contributed by atoms with van der Waals surface area (Å²) in [6.07, 6.45) is 4.04. The normalized spacial score (nSPS) is 12.2. The first-order valence-electron chi connectivity index (χ1n) is 8.94. The highest BCUT2D eigenvalue weighted by atomic mass is 127. The summed E-state index contributed by atoms with van der Waals surface area (Å²) in [5, 5.41) is 11.2. The van der Waals surface area contributed by atoms with Crippen molar-refractivity contribution < 1.29 is 13.9 Å². The van der Waals surface area contributed by atoms with Gasteiger partial charge in [0.2, 0.25) is 0 Å². The van der Waals surface area contributed by atoms with Crippen molar-refractivity contribution >= 4 is 22.6 Å². The zero-order chi connectivity index (χ0) is 20.5. The second-order valence-corrected chi connectivity index (χ2v) is 7.98. The molecule has 0 aliphatic heterocycles. The van der Waals surface area contributed by atoms with Crippen molar-refractivity contribution in [3.05, 3.63) is 99.5 Å². The van der Waals surface area contributed by atoms with Crippen LogP contribution in [0, 0.1) is 15.2 Å². The molecule has 0 bridgehead atoms. The largest absolute Gasteiger partial charge is 0.383 e. The fraction of sp³-hybridized carbons (Fsp3) is 0.0870. The lowest BCUT2D eigenvalue weighted by Crippen LogP contribution is -2.05. The third-order valence-corrected chi connectivity index (χ3v) is 5.55. The van der Waals surface area contributed by atoms with E-state index in [0.29, 0.717) is 16.8 Å². The molecule has 4 rings (SSSR count). The number of rotatable bonds is 4. The van der Waals surface area contributed by atoms with Gasteiger partial charge in [0.15, 0.2) is 0 Å². The Morgan fingerprint density at radius 1 is 1.03 bits per heavy atom. The van der Waals surface area contributed by atoms with Crippen LogP contribution in [0.4, 0.5) is 8.78 Å². The minimum absolute atomic E-state index is 0.226. The molecule has 3 nitrogen and oxygen atoms in total. The summed E-state index contributed by atoms with van der Waals surface area (Å²) in [4.78, 5) is 4.09. The standard InChI is InChI=1S/C23H17F2IN2O/c1-28-13-19(14-4-7-17(26)8-5-14)21(23(29)15-3-2-10-27-12-15)22(28)18-9-6-16(24)11-20(18)25/h2-13,23,29H,1H3. The van der Waals surface area contributed by atoms with Gasteiger partial charge in [0.25, 0.3) is 0 Å². The van der Waals surface area contributed by atoms with E-state index in [1.54, 1.807) is 36.1 Å². The van der Waals surface area contributed by atoms with Crippen LogP contribution in [-0.4, -0.2) is 14.7 Å². The zero-order valence-electron chi connectivity index (χ0n) is 15.5. The maximum Gasteiger partial charge on any atom is 0.135 e. The number of nitrogens with zero attached hydrogens (tertiary/aromatic N) is 2. The van der Waals surface area contributed by atoms with Gasteiger partial charge in [0, 0.05) is 57.5 Å². The van der Waals surface area contributed by atoms with E-state index in [1.807, 2.05) is 30.5 Å². The van der Waals surface area contributed by atoms with Crippen LogP contribution in [0.1, 0.15) is 17.2 Å². The molecule has 0 aliphatic rings. The minimum atomic E-state index is -1.03. The Balaban J connectivity index is 1.99. The zero-order valence-corrected chi connectivity index (χ0v) is 17.6. The van der Waals surface area contributed by atoms with Crippen molar-refractivity contribution in [3.8, 4) is 22.4 Å². The number of aryl methyl sites for hydroxylation is 1. The van der Waals surface area contributed by atoms with Crippen molar-refractivity contribution in [1.29, 1.82) is 0 Å². The molecule has 2 aromatic heterocycles. The Labute approximate surface area is 180 Å². The van der Waals surface area contributed by atoms with Crippen molar-refractivity contribution in [2.45, 2.75) is 6.10 Å². The fourth-order valence-electron chi connectivity index (χ4n) is 3.50. The predicted octanol–water partition coefficient (Wildman–Crippen LogP) is 5.72. The first-order chi connectivity index (χ1) is 14.0. The van der Waals surface area contributed by atoms with Crippen molar-refractivity contribution in [3.63, 3.8) is 0 Å². The monoisotopic (exact) mass is 502 g/mol. The average molecular weight is 502 g/mol. The second-order valence-electron chi connectivity index (χ2n) is 6.74. The molecule has 0 spiro atoms. The molecular weight excluding hydrogens is 485 g/mol. The van der Waals surface area contributed by atoms with Gasteiger partial charge in [-0.1, -0.05) is 18.2 Å². The third-order valence-electron chi connectivity index (χ3n) is 4.84. The summed E-state index contributed by atoms with van der Waals surface area (Å²) in [7, 11) is 1.79. The smallest absolute Gasteiger partial charge is 0.135 e. The van der Waals surface area contributed by atoms with Crippen LogP contribution in [-0.2, 0) is 7.05 Å². The molecule has 146 valence electrons. The maximum absolute atomic E-state index is 14.7. The van der Waals surface area contributed by atoms with Crippen molar-refractivity contribution in [1.82, 2.24) is 9.55 Å². The van der Waals surface area contributed by atoms with E-state index in [0.717, 1.165) is 20.8 Å². The molecule has 0 amide bonds. The summed E-state index contributed by atoms with van der Waals surface area (Å²) in [5.74, 6) is -1.33. The van der Waals surface area contributed by atoms with Crippen LogP contribution in [0.25, 0.3) is 22.4 Å². The number of hydrogen-bond donors (Lipinski definition) is 1. The number of benzene rings is 2. The predicted molar refractivity (Wildman–Crippen MR) is 117 cm³/mol. The van der Waals surface area contributed by atoms with E-state index < -0.39 is 17.7 Å². The van der Waals surface area contributed by atoms with Crippen molar-refractivity contribution in [2.24, 2.45) is 7.05 Å². The van der Waals surface area contributed by atoms with E-state index in [1.165, 1.54) is 12.1 Å². The number of halogens is 3. The van der Waals surface area contributed by atoms with Gasteiger partial charge in [-0.2, -0.15) is 0 Å². The minimum Gasteiger partial charge on any atom is -0.383 e. The topological polar surface area (TPSA) is 38.0 Å². The molecule has 1 N–H and O–H groups in total. The van der Waals surface area contributed by atoms with Gasteiger partial charge in [-0.25, -0.2) is 8.78 Å². The van der Waals surface area contributed by atoms with Gasteiger partial charge in [0.05, 0.1) is 5.69 Å². The quantitative estimate of drug-likeness (QED) is 0.363. The van der Waals surface area contributed by atoms with E-state index in [-0.39, 0.29) is 5.56 Å². The average Bonchev–Trinajstić information content (AvgIpc) is 3.05. The van der Waals surface area contributed by atoms with Crippen molar-refractivity contribution in [2.75, 3.05) is 0 Å². The molecule has 0 aliphatic carbocycles. The number of pyridine rings is 1. The lowest BCUT2D eigenvalue weighted by molar-refractivity contribution is 0.221. The SMILES string of the molecule is Cn1cc(-c2ccc(I)cc2)c(C(O)c2cccnc2)c1-c1ccc(F)cc1F. The highest BCUT2D eigenvalue weighted by molar-refractivity contribution is 14.1. The van der Waals surface area contributed by atoms with Crippen LogP contribution >= 0.6 is 22.6 Å². The van der Waals surface area contributed by atoms with Gasteiger partial charge >= 0.3 is 0 Å². The molecule has 0 saturated carbocycles. The molecular formula is C23H17F2IN2O. The van der Waals surface area contributed by atoms with Gasteiger partial charge in [0.1, 0.15) is 17.7 Å². The molecule has 0 fully saturated rings. The Kier molecular flexibility index (Phi) is 5.47. The summed E-state index contributed by atoms with van der Waals surface area (Å²) in [6.45, 7) is 0. The molecule has 0 saturated heterocycles. The first kappa shape index (κ1) is 19.7. The van der Waals surface area contributed by atoms with Crippen LogP contribution in [0.2, 0.25) is 0 Å². The molecule has 6 heteroatoms. The molecule has 29 heavy (non-hydrogen) atoms. The summed E-state index contributed by atoms with van der Waals surface area (Å²) in [5.41, 5.74) is 3.53. The van der Waals surface area contributed by atoms with Gasteiger partial charge < -0.3 is 9.67 Å². The van der Waals surface area contributed by atoms with Crippen LogP contribution in [0.5, 0.6) is 0 Å². The number of aliphatic hydroxyl groups is 1. The Morgan fingerprint density at radius 3 is 2.45 bits per heavy atom. The Bertz CT molecular complexity index is 1160. The van der Waals surface area contributed by atoms with E-state index in [2.05, 4.69) is 27.6 Å². The summed E-state index contributed by atoms with van der Waals surface area (Å²) < 4.78 is 31.0. The van der Waals surface area contributed by atoms with E-state index in [9.17, 15) is 13.9 Å². The molecule has 1 atom stereocenters. The number of aliphatic hydroxyl groups excluding tert-OH is 1. The molecule has 2 heterocycles. The molecule has 2 aromatic carbocycles. The molecule has 4 aromatic rings. The summed E-state index contributed by atoms with van der Waals surface area (Å²) >= 11 is 2.23. The van der Waals surface area contributed by atoms with E-state index >= 15 is 0 Å². The highest BCUT2D eigenvalue weighted by Gasteiger charge is 2.26. The maximum atomic E-state index is 14.7. The fourth-order valence-corrected chi connectivity index (χ4v) is 3.86. The molecule has 1 unspecified atom stereocenters. The lowest BCUT2D eigenvalue weighted by Gasteiger charge is -2.16. The van der Waals surface area contributed by atoms with Gasteiger partial charge in [-0.15, -0.1) is 0 Å². The van der Waals surface area contributed by atoms with E-state index in [4.69, 9.17) is 0 Å². The highest BCUT2D eigenvalue weighted by Crippen LogP contribution is 2.41. The van der Waals surface area contributed by atoms with Gasteiger partial charge in [-0.3, -0.25) is 4.98 Å². The van der Waals surface area contributed by atoms with Crippen LogP contribution < -0.4 is 0 Å². The van der Waals surface area contributed by atoms with Crippen LogP contribution in [0.3, 0.4) is 0 Å². The molecule has 0 radical (unpaired) electrons. The van der Waals surface area contributed by atoms with Gasteiger partial charge in [-0.05, 0) is 58.5 Å². The lowest BCUT2D eigenvalue weighted by atomic mass is 9.93. The summed E-state index contributed by atoms with van der Waals surface area (Å²) in [6, 6.07) is 14.9. The Hall–Kier alpha value is -2.58. The number of aromatic nitrogens is 2. The number of hydrogen-bond acceptors (Lipinski definition) is 2. The van der Waals surface area contributed by atoms with Crippen LogP contribution in [0.15, 0.2) is 73.2 Å².